The van der Waals surface area contributed by atoms with Gasteiger partial charge in [0.1, 0.15) is 11.3 Å². The Bertz CT molecular complexity index is 348. The summed E-state index contributed by atoms with van der Waals surface area (Å²) in [6, 6.07) is 5.98. The van der Waals surface area contributed by atoms with Gasteiger partial charge in [-0.05, 0) is 12.1 Å². The van der Waals surface area contributed by atoms with Crippen LogP contribution in [0.15, 0.2) is 24.3 Å². The molecular formula is C9H9NaO4. The van der Waals surface area contributed by atoms with E-state index in [1.54, 1.807) is 12.1 Å². The molecule has 0 saturated carbocycles. The molecule has 1 aromatic rings. The molecule has 0 spiro atoms. The molecule has 0 aromatic heterocycles. The maximum atomic E-state index is 10.6. The molecule has 0 unspecified atom stereocenters. The third-order valence-corrected chi connectivity index (χ3v) is 1.37. The molecule has 4 nitrogen and oxygen atoms in total. The number of aromatic carboxylic acids is 1. The maximum absolute atomic E-state index is 10.6. The van der Waals surface area contributed by atoms with Gasteiger partial charge in [-0.25, -0.2) is 4.79 Å². The molecule has 0 radical (unpaired) electrons. The molecule has 0 saturated heterocycles. The van der Waals surface area contributed by atoms with Crippen molar-refractivity contribution in [2.45, 2.75) is 6.92 Å². The molecule has 0 aliphatic heterocycles. The monoisotopic (exact) mass is 204 g/mol. The predicted molar refractivity (Wildman–Crippen MR) is 51.9 cm³/mol. The number of carbonyl (C=O) groups excluding carboxylic acids is 1. The molecule has 70 valence electrons. The van der Waals surface area contributed by atoms with Crippen molar-refractivity contribution in [1.29, 1.82) is 0 Å². The van der Waals surface area contributed by atoms with Crippen LogP contribution < -0.4 is 4.74 Å². The van der Waals surface area contributed by atoms with Crippen LogP contribution in [0.3, 0.4) is 0 Å². The first-order valence-electron chi connectivity index (χ1n) is 3.62. The van der Waals surface area contributed by atoms with Crippen molar-refractivity contribution in [2.24, 2.45) is 0 Å². The van der Waals surface area contributed by atoms with E-state index in [1.807, 2.05) is 0 Å². The Morgan fingerprint density at radius 2 is 1.86 bits per heavy atom. The van der Waals surface area contributed by atoms with Gasteiger partial charge in [-0.3, -0.25) is 4.79 Å². The second-order valence-corrected chi connectivity index (χ2v) is 2.39. The van der Waals surface area contributed by atoms with E-state index in [4.69, 9.17) is 5.11 Å². The van der Waals surface area contributed by atoms with E-state index >= 15 is 0 Å². The number of hydrogen-bond donors (Lipinski definition) is 1. The Kier molecular flexibility index (Phi) is 5.45. The first-order chi connectivity index (χ1) is 6.11. The number of rotatable bonds is 2. The third-order valence-electron chi connectivity index (χ3n) is 1.37. The predicted octanol–water partition coefficient (Wildman–Crippen LogP) is 0.662. The van der Waals surface area contributed by atoms with Crippen LogP contribution in [0.5, 0.6) is 5.75 Å². The topological polar surface area (TPSA) is 63.6 Å². The van der Waals surface area contributed by atoms with Gasteiger partial charge in [0.25, 0.3) is 0 Å². The van der Waals surface area contributed by atoms with E-state index in [0.29, 0.717) is 0 Å². The molecule has 0 amide bonds. The van der Waals surface area contributed by atoms with E-state index < -0.39 is 11.9 Å². The molecule has 0 bridgehead atoms. The van der Waals surface area contributed by atoms with Crippen LogP contribution in [0.4, 0.5) is 0 Å². The molecule has 0 fully saturated rings. The summed E-state index contributed by atoms with van der Waals surface area (Å²) in [6.45, 7) is 1.22. The molecule has 14 heavy (non-hydrogen) atoms. The molecule has 5 heteroatoms. The molecule has 0 atom stereocenters. The van der Waals surface area contributed by atoms with Crippen molar-refractivity contribution in [3.05, 3.63) is 29.8 Å². The Morgan fingerprint density at radius 1 is 1.29 bits per heavy atom. The minimum absolute atomic E-state index is 0. The second-order valence-electron chi connectivity index (χ2n) is 2.39. The van der Waals surface area contributed by atoms with E-state index in [1.165, 1.54) is 19.1 Å². The van der Waals surface area contributed by atoms with Crippen molar-refractivity contribution in [3.63, 3.8) is 0 Å². The van der Waals surface area contributed by atoms with Gasteiger partial charge in [0, 0.05) is 6.92 Å². The summed E-state index contributed by atoms with van der Waals surface area (Å²) in [5.74, 6) is -1.58. The number of hydrogen-bond acceptors (Lipinski definition) is 3. The van der Waals surface area contributed by atoms with Gasteiger partial charge in [0.15, 0.2) is 0 Å². The van der Waals surface area contributed by atoms with Crippen LogP contribution in [0.25, 0.3) is 0 Å². The number of carboxylic acid groups (broad SMARTS) is 1. The molecule has 0 aliphatic rings. The van der Waals surface area contributed by atoms with Gasteiger partial charge in [0.2, 0.25) is 0 Å². The zero-order valence-corrected chi connectivity index (χ0v) is 6.98. The number of ether oxygens (including phenoxy) is 1. The van der Waals surface area contributed by atoms with Crippen molar-refractivity contribution in [2.75, 3.05) is 0 Å². The van der Waals surface area contributed by atoms with Crippen molar-refractivity contribution >= 4 is 41.5 Å². The zero-order valence-electron chi connectivity index (χ0n) is 6.98. The Morgan fingerprint density at radius 3 is 2.36 bits per heavy atom. The quantitative estimate of drug-likeness (QED) is 0.436. The fraction of sp³-hybridized carbons (Fsp3) is 0.111. The SMILES string of the molecule is CC(=O)Oc1ccccc1C(=O)O.[NaH]. The fourth-order valence-corrected chi connectivity index (χ4v) is 0.887. The summed E-state index contributed by atoms with van der Waals surface area (Å²) in [4.78, 5) is 21.2. The molecular weight excluding hydrogens is 195 g/mol. The average Bonchev–Trinajstić information content (AvgIpc) is 2.03. The van der Waals surface area contributed by atoms with Crippen LogP contribution in [0, 0.1) is 0 Å². The van der Waals surface area contributed by atoms with Crippen LogP contribution >= 0.6 is 0 Å². The van der Waals surface area contributed by atoms with Gasteiger partial charge >= 0.3 is 41.5 Å². The average molecular weight is 204 g/mol. The van der Waals surface area contributed by atoms with Gasteiger partial charge in [0.05, 0.1) is 0 Å². The number of benzene rings is 1. The molecule has 1 N–H and O–H groups in total. The summed E-state index contributed by atoms with van der Waals surface area (Å²) >= 11 is 0. The zero-order chi connectivity index (χ0) is 9.84. The summed E-state index contributed by atoms with van der Waals surface area (Å²) in [6.07, 6.45) is 0. The number of carboxylic acids is 1. The number of para-hydroxylation sites is 1. The van der Waals surface area contributed by atoms with E-state index in [9.17, 15) is 9.59 Å². The van der Waals surface area contributed by atoms with Gasteiger partial charge < -0.3 is 9.84 Å². The normalized spacial score (nSPS) is 8.64. The molecule has 1 aromatic carbocycles. The van der Waals surface area contributed by atoms with Gasteiger partial charge in [-0.15, -0.1) is 0 Å². The summed E-state index contributed by atoms with van der Waals surface area (Å²) in [5, 5.41) is 8.69. The third kappa shape index (κ3) is 3.49. The van der Waals surface area contributed by atoms with Crippen molar-refractivity contribution in [3.8, 4) is 5.75 Å². The summed E-state index contributed by atoms with van der Waals surface area (Å²) in [7, 11) is 0. The van der Waals surface area contributed by atoms with Crippen LogP contribution in [-0.2, 0) is 4.79 Å². The Hall–Kier alpha value is -0.840. The molecule has 1 rings (SSSR count). The van der Waals surface area contributed by atoms with Gasteiger partial charge in [-0.2, -0.15) is 0 Å². The van der Waals surface area contributed by atoms with E-state index in [2.05, 4.69) is 4.74 Å². The van der Waals surface area contributed by atoms with Crippen molar-refractivity contribution < 1.29 is 19.4 Å². The minimum atomic E-state index is -1.11. The Balaban J connectivity index is 0.00000169. The molecule has 0 heterocycles. The van der Waals surface area contributed by atoms with Crippen LogP contribution in [0.2, 0.25) is 0 Å². The second kappa shape index (κ2) is 5.80. The first-order valence-corrected chi connectivity index (χ1v) is 3.62. The van der Waals surface area contributed by atoms with Gasteiger partial charge in [-0.1, -0.05) is 12.1 Å². The molecule has 0 aliphatic carbocycles. The fourth-order valence-electron chi connectivity index (χ4n) is 0.887. The van der Waals surface area contributed by atoms with E-state index in [0.717, 1.165) is 0 Å². The van der Waals surface area contributed by atoms with E-state index in [-0.39, 0.29) is 40.9 Å². The standard InChI is InChI=1S/C9H8O4.Na.H/c1-6(10)13-8-5-3-2-4-7(8)9(11)12;;/h2-5H,1H3,(H,11,12);;. The Labute approximate surface area is 103 Å². The van der Waals surface area contributed by atoms with Crippen molar-refractivity contribution in [1.82, 2.24) is 0 Å². The number of esters is 1. The summed E-state index contributed by atoms with van der Waals surface area (Å²) < 4.78 is 4.69. The summed E-state index contributed by atoms with van der Waals surface area (Å²) in [5.41, 5.74) is -0.0160. The number of carbonyl (C=O) groups is 2. The first kappa shape index (κ1) is 13.2. The van der Waals surface area contributed by atoms with Crippen LogP contribution in [-0.4, -0.2) is 46.6 Å². The van der Waals surface area contributed by atoms with Crippen LogP contribution in [0.1, 0.15) is 17.3 Å².